The van der Waals surface area contributed by atoms with Crippen molar-refractivity contribution in [2.24, 2.45) is 5.92 Å². The molecule has 0 amide bonds. The molecule has 96 valence electrons. The molecule has 0 spiro atoms. The molecule has 2 atom stereocenters. The molecule has 0 aromatic heterocycles. The van der Waals surface area contributed by atoms with Crippen LogP contribution in [0.1, 0.15) is 45.4 Å². The van der Waals surface area contributed by atoms with E-state index in [1.165, 1.54) is 19.3 Å². The Labute approximate surface area is 108 Å². The number of halogens is 1. The van der Waals surface area contributed by atoms with Crippen molar-refractivity contribution in [3.8, 4) is 0 Å². The first kappa shape index (κ1) is 14.5. The highest BCUT2D eigenvalue weighted by molar-refractivity contribution is 9.09. The molecule has 1 aliphatic rings. The third kappa shape index (κ3) is 5.15. The average Bonchev–Trinajstić information content (AvgIpc) is 2.26. The number of sulfonamides is 1. The van der Waals surface area contributed by atoms with Crippen LogP contribution in [0.5, 0.6) is 0 Å². The zero-order chi connectivity index (χ0) is 12.0. The van der Waals surface area contributed by atoms with Crippen LogP contribution in [0.4, 0.5) is 0 Å². The van der Waals surface area contributed by atoms with E-state index in [4.69, 9.17) is 0 Å². The number of nitrogens with one attached hydrogen (secondary N) is 1. The highest BCUT2D eigenvalue weighted by Crippen LogP contribution is 2.29. The number of hydrogen-bond donors (Lipinski definition) is 1. The molecular weight excluding hydrogens is 290 g/mol. The molecule has 1 fully saturated rings. The minimum absolute atomic E-state index is 0.267. The predicted octanol–water partition coefficient (Wildman–Crippen LogP) is 2.66. The lowest BCUT2D eigenvalue weighted by atomic mass is 9.89. The van der Waals surface area contributed by atoms with Gasteiger partial charge < -0.3 is 0 Å². The summed E-state index contributed by atoms with van der Waals surface area (Å²) in [6, 6.07) is 0. The van der Waals surface area contributed by atoms with E-state index in [0.717, 1.165) is 19.3 Å². The van der Waals surface area contributed by atoms with E-state index < -0.39 is 10.0 Å². The van der Waals surface area contributed by atoms with Gasteiger partial charge in [-0.3, -0.25) is 0 Å². The molecule has 2 unspecified atom stereocenters. The van der Waals surface area contributed by atoms with Gasteiger partial charge in [-0.25, -0.2) is 13.1 Å². The second-order valence-electron chi connectivity index (χ2n) is 4.58. The fourth-order valence-corrected chi connectivity index (χ4v) is 4.09. The van der Waals surface area contributed by atoms with Crippen molar-refractivity contribution in [1.82, 2.24) is 4.72 Å². The van der Waals surface area contributed by atoms with Crippen LogP contribution >= 0.6 is 15.9 Å². The molecule has 1 saturated carbocycles. The fourth-order valence-electron chi connectivity index (χ4n) is 2.03. The molecule has 0 saturated heterocycles. The van der Waals surface area contributed by atoms with Gasteiger partial charge in [-0.05, 0) is 25.2 Å². The average molecular weight is 312 g/mol. The van der Waals surface area contributed by atoms with E-state index in [0.29, 0.717) is 17.3 Å². The van der Waals surface area contributed by atoms with Gasteiger partial charge in [0.2, 0.25) is 10.0 Å². The van der Waals surface area contributed by atoms with Gasteiger partial charge in [0.25, 0.3) is 0 Å². The summed E-state index contributed by atoms with van der Waals surface area (Å²) in [5.74, 6) is 0.730. The van der Waals surface area contributed by atoms with E-state index in [1.807, 2.05) is 6.92 Å². The van der Waals surface area contributed by atoms with E-state index in [2.05, 4.69) is 20.7 Å². The standard InChI is InChI=1S/C11H22BrNO2S/c1-2-3-8-16(14,15)13-9-10-6-4-5-7-11(10)12/h10-11,13H,2-9H2,1H3. The maximum Gasteiger partial charge on any atom is 0.211 e. The van der Waals surface area contributed by atoms with E-state index in [1.54, 1.807) is 0 Å². The zero-order valence-corrected chi connectivity index (χ0v) is 12.3. The van der Waals surface area contributed by atoms with E-state index in [-0.39, 0.29) is 5.75 Å². The van der Waals surface area contributed by atoms with Crippen molar-refractivity contribution >= 4 is 26.0 Å². The van der Waals surface area contributed by atoms with E-state index >= 15 is 0 Å². The molecule has 0 radical (unpaired) electrons. The molecule has 0 aromatic rings. The first-order chi connectivity index (χ1) is 7.55. The quantitative estimate of drug-likeness (QED) is 0.767. The van der Waals surface area contributed by atoms with Gasteiger partial charge in [0.15, 0.2) is 0 Å². The van der Waals surface area contributed by atoms with Crippen molar-refractivity contribution in [3.63, 3.8) is 0 Å². The van der Waals surface area contributed by atoms with Crippen LogP contribution in [-0.4, -0.2) is 25.5 Å². The van der Waals surface area contributed by atoms with Crippen LogP contribution in [0.3, 0.4) is 0 Å². The second-order valence-corrected chi connectivity index (χ2v) is 7.68. The Hall–Kier alpha value is 0.390. The number of hydrogen-bond acceptors (Lipinski definition) is 2. The maximum absolute atomic E-state index is 11.6. The molecule has 0 aromatic carbocycles. The van der Waals surface area contributed by atoms with Gasteiger partial charge >= 0.3 is 0 Å². The molecule has 1 N–H and O–H groups in total. The van der Waals surface area contributed by atoms with E-state index in [9.17, 15) is 8.42 Å². The highest BCUT2D eigenvalue weighted by atomic mass is 79.9. The minimum atomic E-state index is -3.04. The summed E-state index contributed by atoms with van der Waals surface area (Å²) in [6.07, 6.45) is 6.45. The molecule has 0 aliphatic heterocycles. The van der Waals surface area contributed by atoms with Crippen molar-refractivity contribution in [2.45, 2.75) is 50.3 Å². The van der Waals surface area contributed by atoms with Gasteiger partial charge in [-0.15, -0.1) is 0 Å². The third-order valence-electron chi connectivity index (χ3n) is 3.15. The van der Waals surface area contributed by atoms with Gasteiger partial charge in [0.05, 0.1) is 5.75 Å². The number of alkyl halides is 1. The van der Waals surface area contributed by atoms with Crippen LogP contribution in [0.2, 0.25) is 0 Å². The van der Waals surface area contributed by atoms with Crippen LogP contribution in [0.15, 0.2) is 0 Å². The van der Waals surface area contributed by atoms with Crippen molar-refractivity contribution in [3.05, 3.63) is 0 Å². The van der Waals surface area contributed by atoms with Crippen LogP contribution in [-0.2, 0) is 10.0 Å². The Balaban J connectivity index is 2.32. The van der Waals surface area contributed by atoms with Gasteiger partial charge in [0, 0.05) is 11.4 Å². The highest BCUT2D eigenvalue weighted by Gasteiger charge is 2.23. The Bertz CT molecular complexity index is 292. The smallest absolute Gasteiger partial charge is 0.211 e. The zero-order valence-electron chi connectivity index (χ0n) is 9.91. The number of unbranched alkanes of at least 4 members (excludes halogenated alkanes) is 1. The first-order valence-corrected chi connectivity index (χ1v) is 8.73. The fraction of sp³-hybridized carbons (Fsp3) is 1.00. The summed E-state index contributed by atoms with van der Waals surface area (Å²) < 4.78 is 26.0. The monoisotopic (exact) mass is 311 g/mol. The summed E-state index contributed by atoms with van der Waals surface area (Å²) in [6.45, 7) is 2.60. The molecule has 0 bridgehead atoms. The van der Waals surface area contributed by atoms with Gasteiger partial charge in [-0.1, -0.05) is 42.1 Å². The Kier molecular flexibility index (Phi) is 6.29. The molecule has 1 aliphatic carbocycles. The van der Waals surface area contributed by atoms with Crippen molar-refractivity contribution < 1.29 is 8.42 Å². The molecule has 0 heterocycles. The first-order valence-electron chi connectivity index (χ1n) is 6.16. The molecule has 16 heavy (non-hydrogen) atoms. The Morgan fingerprint density at radius 1 is 1.31 bits per heavy atom. The predicted molar refractivity (Wildman–Crippen MR) is 71.4 cm³/mol. The van der Waals surface area contributed by atoms with Gasteiger partial charge in [-0.2, -0.15) is 0 Å². The molecule has 3 nitrogen and oxygen atoms in total. The summed E-state index contributed by atoms with van der Waals surface area (Å²) in [4.78, 5) is 0.482. The Morgan fingerprint density at radius 3 is 2.62 bits per heavy atom. The van der Waals surface area contributed by atoms with Crippen LogP contribution in [0.25, 0.3) is 0 Å². The topological polar surface area (TPSA) is 46.2 Å². The van der Waals surface area contributed by atoms with Crippen LogP contribution in [0, 0.1) is 5.92 Å². The minimum Gasteiger partial charge on any atom is -0.215 e. The number of rotatable bonds is 6. The normalized spacial score (nSPS) is 26.9. The molecular formula is C11H22BrNO2S. The summed E-state index contributed by atoms with van der Waals surface area (Å²) >= 11 is 3.64. The Morgan fingerprint density at radius 2 is 2.00 bits per heavy atom. The lowest BCUT2D eigenvalue weighted by Gasteiger charge is -2.27. The summed E-state index contributed by atoms with van der Waals surface area (Å²) in [5, 5.41) is 0. The SMILES string of the molecule is CCCCS(=O)(=O)NCC1CCCCC1Br. The van der Waals surface area contributed by atoms with Gasteiger partial charge in [0.1, 0.15) is 0 Å². The lowest BCUT2D eigenvalue weighted by molar-refractivity contribution is 0.373. The molecule has 5 heteroatoms. The van der Waals surface area contributed by atoms with Crippen molar-refractivity contribution in [1.29, 1.82) is 0 Å². The third-order valence-corrected chi connectivity index (χ3v) is 5.79. The largest absolute Gasteiger partial charge is 0.215 e. The lowest BCUT2D eigenvalue weighted by Crippen LogP contribution is -2.35. The van der Waals surface area contributed by atoms with Crippen LogP contribution < -0.4 is 4.72 Å². The molecule has 1 rings (SSSR count). The summed E-state index contributed by atoms with van der Waals surface area (Å²) in [7, 11) is -3.04. The van der Waals surface area contributed by atoms with Crippen molar-refractivity contribution in [2.75, 3.05) is 12.3 Å². The summed E-state index contributed by atoms with van der Waals surface area (Å²) in [5.41, 5.74) is 0. The maximum atomic E-state index is 11.6. The second kappa shape index (κ2) is 6.97.